The van der Waals surface area contributed by atoms with E-state index < -0.39 is 20.7 Å². The quantitative estimate of drug-likeness (QED) is 0.724. The van der Waals surface area contributed by atoms with Gasteiger partial charge >= 0.3 is 0 Å². The minimum Gasteiger partial charge on any atom is -0.363 e. The van der Waals surface area contributed by atoms with Gasteiger partial charge in [0.05, 0.1) is 21.9 Å². The zero-order chi connectivity index (χ0) is 19.1. The van der Waals surface area contributed by atoms with E-state index in [4.69, 9.17) is 4.74 Å². The second kappa shape index (κ2) is 6.77. The Hall–Kier alpha value is -2.17. The van der Waals surface area contributed by atoms with E-state index in [9.17, 15) is 8.42 Å². The van der Waals surface area contributed by atoms with Crippen molar-refractivity contribution in [3.8, 4) is 0 Å². The molecule has 1 unspecified atom stereocenters. The maximum atomic E-state index is 13.2. The van der Waals surface area contributed by atoms with Gasteiger partial charge in [0.1, 0.15) is 0 Å². The van der Waals surface area contributed by atoms with Gasteiger partial charge in [-0.1, -0.05) is 66.8 Å². The fraction of sp³-hybridized carbons (Fsp3) is 0.304. The summed E-state index contributed by atoms with van der Waals surface area (Å²) in [7, 11) is -3.41. The molecule has 1 saturated heterocycles. The standard InChI is InChI=1S/C23H24O3S/c1-23(2)22-19(20(26-23)15-13-17-9-5-3-6-10-17)14-16-21(22)27(24,25)18-11-7-4-8-12-18/h3-15,20-22H,16H2,1-2H3/b15-13+/t20-,21+,22?/m1/s1. The molecule has 2 aromatic carbocycles. The Morgan fingerprint density at radius 2 is 1.63 bits per heavy atom. The lowest BCUT2D eigenvalue weighted by Gasteiger charge is -2.29. The highest BCUT2D eigenvalue weighted by Crippen LogP contribution is 2.50. The van der Waals surface area contributed by atoms with Crippen LogP contribution in [0.25, 0.3) is 6.08 Å². The second-order valence-electron chi connectivity index (χ2n) is 7.73. The number of allylic oxidation sites excluding steroid dienone is 1. The molecule has 1 aliphatic heterocycles. The van der Waals surface area contributed by atoms with E-state index in [-0.39, 0.29) is 12.0 Å². The molecule has 1 aliphatic carbocycles. The van der Waals surface area contributed by atoms with Crippen LogP contribution in [0.3, 0.4) is 0 Å². The highest BCUT2D eigenvalue weighted by Gasteiger charge is 2.54. The first-order chi connectivity index (χ1) is 12.9. The van der Waals surface area contributed by atoms with Crippen molar-refractivity contribution in [2.24, 2.45) is 5.92 Å². The average molecular weight is 381 g/mol. The van der Waals surface area contributed by atoms with E-state index in [2.05, 4.69) is 6.08 Å². The summed E-state index contributed by atoms with van der Waals surface area (Å²) in [6, 6.07) is 18.8. The zero-order valence-electron chi connectivity index (χ0n) is 15.6. The van der Waals surface area contributed by atoms with E-state index in [0.717, 1.165) is 11.1 Å². The third-order valence-corrected chi connectivity index (χ3v) is 7.75. The topological polar surface area (TPSA) is 43.4 Å². The van der Waals surface area contributed by atoms with Gasteiger partial charge in [0.15, 0.2) is 9.84 Å². The summed E-state index contributed by atoms with van der Waals surface area (Å²) in [6.07, 6.45) is 6.52. The molecule has 140 valence electrons. The number of rotatable bonds is 4. The van der Waals surface area contributed by atoms with Crippen molar-refractivity contribution in [3.05, 3.63) is 84.0 Å². The Bertz CT molecular complexity index is 973. The average Bonchev–Trinajstić information content (AvgIpc) is 3.22. The van der Waals surface area contributed by atoms with Crippen LogP contribution in [0.1, 0.15) is 25.8 Å². The molecule has 0 spiro atoms. The molecule has 4 rings (SSSR count). The molecular weight excluding hydrogens is 356 g/mol. The Morgan fingerprint density at radius 1 is 1.00 bits per heavy atom. The van der Waals surface area contributed by atoms with E-state index in [1.165, 1.54) is 0 Å². The van der Waals surface area contributed by atoms with E-state index in [0.29, 0.717) is 11.3 Å². The fourth-order valence-electron chi connectivity index (χ4n) is 4.34. The maximum Gasteiger partial charge on any atom is 0.182 e. The van der Waals surface area contributed by atoms with Crippen LogP contribution in [-0.4, -0.2) is 25.4 Å². The number of hydrogen-bond acceptors (Lipinski definition) is 3. The highest BCUT2D eigenvalue weighted by molar-refractivity contribution is 7.92. The van der Waals surface area contributed by atoms with Gasteiger partial charge in [-0.2, -0.15) is 0 Å². The van der Waals surface area contributed by atoms with Crippen molar-refractivity contribution in [1.29, 1.82) is 0 Å². The summed E-state index contributed by atoms with van der Waals surface area (Å²) in [5.41, 5.74) is 1.67. The summed E-state index contributed by atoms with van der Waals surface area (Å²) in [5, 5.41) is -0.472. The smallest absolute Gasteiger partial charge is 0.182 e. The van der Waals surface area contributed by atoms with Crippen molar-refractivity contribution < 1.29 is 13.2 Å². The van der Waals surface area contributed by atoms with Crippen LogP contribution in [0.5, 0.6) is 0 Å². The van der Waals surface area contributed by atoms with Crippen LogP contribution in [0.4, 0.5) is 0 Å². The molecule has 0 aromatic heterocycles. The summed E-state index contributed by atoms with van der Waals surface area (Å²) in [4.78, 5) is 0.392. The van der Waals surface area contributed by atoms with E-state index in [1.54, 1.807) is 24.3 Å². The molecule has 1 fully saturated rings. The van der Waals surface area contributed by atoms with Crippen LogP contribution in [0.2, 0.25) is 0 Å². The minimum absolute atomic E-state index is 0.131. The lowest BCUT2D eigenvalue weighted by atomic mass is 9.86. The Labute approximate surface area is 161 Å². The molecule has 4 heteroatoms. The molecule has 0 saturated carbocycles. The van der Waals surface area contributed by atoms with Gasteiger partial charge in [0.25, 0.3) is 0 Å². The molecule has 27 heavy (non-hydrogen) atoms. The van der Waals surface area contributed by atoms with Crippen molar-refractivity contribution in [3.63, 3.8) is 0 Å². The summed E-state index contributed by atoms with van der Waals surface area (Å²) < 4.78 is 32.8. The van der Waals surface area contributed by atoms with Gasteiger partial charge in [0, 0.05) is 5.92 Å². The molecule has 0 bridgehead atoms. The van der Waals surface area contributed by atoms with E-state index >= 15 is 0 Å². The van der Waals surface area contributed by atoms with Crippen LogP contribution < -0.4 is 0 Å². The zero-order valence-corrected chi connectivity index (χ0v) is 16.4. The molecule has 3 atom stereocenters. The summed E-state index contributed by atoms with van der Waals surface area (Å²) >= 11 is 0. The SMILES string of the molecule is CC1(C)O[C@H](/C=C/c2ccccc2)C2=CC[C@H](S(=O)(=O)c3ccccc3)C21. The van der Waals surface area contributed by atoms with Crippen molar-refractivity contribution in [2.45, 2.75) is 42.1 Å². The molecule has 2 aliphatic rings. The van der Waals surface area contributed by atoms with Crippen molar-refractivity contribution >= 4 is 15.9 Å². The third kappa shape index (κ3) is 3.28. The predicted molar refractivity (Wildman–Crippen MR) is 108 cm³/mol. The normalized spacial score (nSPS) is 26.9. The lowest BCUT2D eigenvalue weighted by Crippen LogP contribution is -2.38. The fourth-order valence-corrected chi connectivity index (χ4v) is 6.42. The largest absolute Gasteiger partial charge is 0.363 e. The predicted octanol–water partition coefficient (Wildman–Crippen LogP) is 4.67. The van der Waals surface area contributed by atoms with Crippen molar-refractivity contribution in [1.82, 2.24) is 0 Å². The van der Waals surface area contributed by atoms with Gasteiger partial charge < -0.3 is 4.74 Å². The summed E-state index contributed by atoms with van der Waals surface area (Å²) in [5.74, 6) is -0.131. The first-order valence-corrected chi connectivity index (χ1v) is 10.8. The number of benzene rings is 2. The maximum absolute atomic E-state index is 13.2. The Kier molecular flexibility index (Phi) is 4.57. The molecule has 1 heterocycles. The number of sulfone groups is 1. The molecule has 3 nitrogen and oxygen atoms in total. The first-order valence-electron chi connectivity index (χ1n) is 9.29. The molecule has 0 amide bonds. The second-order valence-corrected chi connectivity index (χ2v) is 9.89. The highest BCUT2D eigenvalue weighted by atomic mass is 32.2. The minimum atomic E-state index is -3.41. The van der Waals surface area contributed by atoms with Crippen LogP contribution >= 0.6 is 0 Å². The number of hydrogen-bond donors (Lipinski definition) is 0. The molecule has 0 radical (unpaired) electrons. The Morgan fingerprint density at radius 3 is 2.30 bits per heavy atom. The van der Waals surface area contributed by atoms with Gasteiger partial charge in [0.2, 0.25) is 0 Å². The van der Waals surface area contributed by atoms with Gasteiger partial charge in [-0.05, 0) is 43.5 Å². The molecule has 0 N–H and O–H groups in total. The summed E-state index contributed by atoms with van der Waals surface area (Å²) in [6.45, 7) is 4.00. The van der Waals surface area contributed by atoms with Gasteiger partial charge in [-0.3, -0.25) is 0 Å². The number of ether oxygens (including phenoxy) is 1. The van der Waals surface area contributed by atoms with Crippen LogP contribution in [-0.2, 0) is 14.6 Å². The lowest BCUT2D eigenvalue weighted by molar-refractivity contribution is -0.0147. The Balaban J connectivity index is 1.63. The number of fused-ring (bicyclic) bond motifs is 1. The monoisotopic (exact) mass is 380 g/mol. The van der Waals surface area contributed by atoms with Crippen LogP contribution in [0.15, 0.2) is 83.3 Å². The van der Waals surface area contributed by atoms with Gasteiger partial charge in [-0.25, -0.2) is 8.42 Å². The first kappa shape index (κ1) is 18.2. The molecular formula is C23H24O3S. The van der Waals surface area contributed by atoms with Gasteiger partial charge in [-0.15, -0.1) is 0 Å². The van der Waals surface area contributed by atoms with Crippen molar-refractivity contribution in [2.75, 3.05) is 0 Å². The van der Waals surface area contributed by atoms with Crippen LogP contribution in [0, 0.1) is 5.92 Å². The van der Waals surface area contributed by atoms with E-state index in [1.807, 2.05) is 62.4 Å². The molecule has 2 aromatic rings. The third-order valence-electron chi connectivity index (χ3n) is 5.56.